The van der Waals surface area contributed by atoms with Gasteiger partial charge in [-0.1, -0.05) is 32.4 Å². The van der Waals surface area contributed by atoms with Crippen molar-refractivity contribution >= 4 is 5.97 Å². The number of carbonyl (C=O) groups excluding carboxylic acids is 1. The molecule has 0 aliphatic carbocycles. The third-order valence-corrected chi connectivity index (χ3v) is 2.11. The van der Waals surface area contributed by atoms with Crippen LogP contribution in [-0.4, -0.2) is 19.2 Å². The summed E-state index contributed by atoms with van der Waals surface area (Å²) in [5, 5.41) is 0. The Kier molecular flexibility index (Phi) is 9.47. The quantitative estimate of drug-likeness (QED) is 0.248. The first-order valence-corrected chi connectivity index (χ1v) is 5.73. The Balaban J connectivity index is 3.12. The van der Waals surface area contributed by atoms with E-state index in [2.05, 4.69) is 13.2 Å². The molecule has 3 heteroatoms. The van der Waals surface area contributed by atoms with E-state index in [4.69, 9.17) is 9.47 Å². The minimum absolute atomic E-state index is 0.292. The number of unbranched alkanes of at least 4 members (excludes halogenated alkanes) is 4. The molecule has 0 amide bonds. The highest BCUT2D eigenvalue weighted by Crippen LogP contribution is 2.04. The van der Waals surface area contributed by atoms with Gasteiger partial charge in [0, 0.05) is 5.57 Å². The average Bonchev–Trinajstić information content (AvgIpc) is 2.26. The summed E-state index contributed by atoms with van der Waals surface area (Å²) in [6.45, 7) is 9.88. The minimum atomic E-state index is -0.292. The zero-order chi connectivity index (χ0) is 12.2. The van der Waals surface area contributed by atoms with Crippen LogP contribution < -0.4 is 0 Å². The lowest BCUT2D eigenvalue weighted by molar-refractivity contribution is -0.139. The van der Waals surface area contributed by atoms with Gasteiger partial charge >= 0.3 is 5.97 Å². The highest BCUT2D eigenvalue weighted by atomic mass is 16.5. The van der Waals surface area contributed by atoms with E-state index in [1.165, 1.54) is 6.26 Å². The lowest BCUT2D eigenvalue weighted by atomic mass is 10.1. The number of esters is 1. The van der Waals surface area contributed by atoms with Crippen LogP contribution >= 0.6 is 0 Å². The Morgan fingerprint density at radius 3 is 2.25 bits per heavy atom. The lowest BCUT2D eigenvalue weighted by Crippen LogP contribution is -2.06. The van der Waals surface area contributed by atoms with Gasteiger partial charge in [-0.25, -0.2) is 4.79 Å². The van der Waals surface area contributed by atoms with Gasteiger partial charge in [-0.15, -0.1) is 0 Å². The van der Waals surface area contributed by atoms with Gasteiger partial charge < -0.3 is 9.47 Å². The van der Waals surface area contributed by atoms with Crippen molar-refractivity contribution in [3.8, 4) is 0 Å². The van der Waals surface area contributed by atoms with Crippen molar-refractivity contribution in [3.63, 3.8) is 0 Å². The fourth-order valence-electron chi connectivity index (χ4n) is 1.19. The molecule has 0 fully saturated rings. The summed E-state index contributed by atoms with van der Waals surface area (Å²) in [5.74, 6) is -0.292. The normalized spacial score (nSPS) is 9.56. The van der Waals surface area contributed by atoms with Gasteiger partial charge in [0.05, 0.1) is 19.5 Å². The molecule has 0 unspecified atom stereocenters. The molecule has 0 radical (unpaired) electrons. The van der Waals surface area contributed by atoms with E-state index in [0.717, 1.165) is 38.7 Å². The van der Waals surface area contributed by atoms with Gasteiger partial charge in [-0.2, -0.15) is 0 Å². The molecule has 16 heavy (non-hydrogen) atoms. The Bertz CT molecular complexity index is 221. The molecule has 0 aromatic rings. The van der Waals surface area contributed by atoms with Crippen LogP contribution in [0, 0.1) is 0 Å². The van der Waals surface area contributed by atoms with Crippen molar-refractivity contribution in [3.05, 3.63) is 25.0 Å². The topological polar surface area (TPSA) is 35.5 Å². The fourth-order valence-corrected chi connectivity index (χ4v) is 1.19. The summed E-state index contributed by atoms with van der Waals surface area (Å²) in [4.78, 5) is 11.0. The summed E-state index contributed by atoms with van der Waals surface area (Å²) in [6, 6.07) is 0. The third kappa shape index (κ3) is 9.31. The molecule has 0 N–H and O–H groups in total. The highest BCUT2D eigenvalue weighted by molar-refractivity contribution is 5.86. The molecule has 0 spiro atoms. The number of hydrogen-bond acceptors (Lipinski definition) is 3. The molecule has 0 saturated carbocycles. The summed E-state index contributed by atoms with van der Waals surface area (Å²) < 4.78 is 9.98. The smallest absolute Gasteiger partial charge is 0.333 e. The second-order valence-electron chi connectivity index (χ2n) is 3.72. The van der Waals surface area contributed by atoms with E-state index in [-0.39, 0.29) is 5.97 Å². The molecular weight excluding hydrogens is 204 g/mol. The van der Waals surface area contributed by atoms with Gasteiger partial charge in [-0.3, -0.25) is 0 Å². The maximum Gasteiger partial charge on any atom is 0.333 e. The zero-order valence-corrected chi connectivity index (χ0v) is 10.2. The zero-order valence-electron chi connectivity index (χ0n) is 10.2. The van der Waals surface area contributed by atoms with Crippen LogP contribution in [-0.2, 0) is 14.3 Å². The molecule has 0 atom stereocenters. The first-order valence-electron chi connectivity index (χ1n) is 5.73. The van der Waals surface area contributed by atoms with Crippen LogP contribution in [0.5, 0.6) is 0 Å². The molecule has 0 rings (SSSR count). The molecule has 3 nitrogen and oxygen atoms in total. The van der Waals surface area contributed by atoms with E-state index in [1.54, 1.807) is 6.92 Å². The number of ether oxygens (including phenoxy) is 2. The molecule has 0 aliphatic heterocycles. The Labute approximate surface area is 98.1 Å². The Morgan fingerprint density at radius 2 is 1.69 bits per heavy atom. The van der Waals surface area contributed by atoms with Crippen LogP contribution in [0.1, 0.15) is 39.0 Å². The van der Waals surface area contributed by atoms with Crippen molar-refractivity contribution < 1.29 is 14.3 Å². The summed E-state index contributed by atoms with van der Waals surface area (Å²) in [7, 11) is 0. The maximum absolute atomic E-state index is 11.0. The Hall–Kier alpha value is -1.25. The first-order chi connectivity index (χ1) is 7.68. The van der Waals surface area contributed by atoms with Gasteiger partial charge in [0.2, 0.25) is 0 Å². The molecular formula is C13H22O3. The van der Waals surface area contributed by atoms with Gasteiger partial charge in [-0.05, 0) is 19.8 Å². The average molecular weight is 226 g/mol. The van der Waals surface area contributed by atoms with Crippen molar-refractivity contribution in [2.24, 2.45) is 0 Å². The van der Waals surface area contributed by atoms with Crippen molar-refractivity contribution in [2.75, 3.05) is 13.2 Å². The second-order valence-corrected chi connectivity index (χ2v) is 3.72. The van der Waals surface area contributed by atoms with Gasteiger partial charge in [0.15, 0.2) is 0 Å². The SMILES string of the molecule is C=COCCCCCCCOC(=O)C(=C)C. The van der Waals surface area contributed by atoms with Crippen molar-refractivity contribution in [1.29, 1.82) is 0 Å². The molecule has 0 heterocycles. The van der Waals surface area contributed by atoms with E-state index < -0.39 is 0 Å². The van der Waals surface area contributed by atoms with Crippen LogP contribution in [0.3, 0.4) is 0 Å². The van der Waals surface area contributed by atoms with Crippen LogP contribution in [0.2, 0.25) is 0 Å². The highest BCUT2D eigenvalue weighted by Gasteiger charge is 2.01. The molecule has 92 valence electrons. The monoisotopic (exact) mass is 226 g/mol. The lowest BCUT2D eigenvalue weighted by Gasteiger charge is -2.04. The first kappa shape index (κ1) is 14.8. The van der Waals surface area contributed by atoms with Crippen LogP contribution in [0.15, 0.2) is 25.0 Å². The molecule has 0 aromatic heterocycles. The van der Waals surface area contributed by atoms with E-state index in [9.17, 15) is 4.79 Å². The number of hydrogen-bond donors (Lipinski definition) is 0. The second kappa shape index (κ2) is 10.3. The van der Waals surface area contributed by atoms with Gasteiger partial charge in [0.25, 0.3) is 0 Å². The standard InChI is InChI=1S/C13H22O3/c1-4-15-10-8-6-5-7-9-11-16-13(14)12(2)3/h4H,1-2,5-11H2,3H3. The number of carbonyl (C=O) groups is 1. The number of rotatable bonds is 10. The molecule has 0 aliphatic rings. The predicted octanol–water partition coefficient (Wildman–Crippen LogP) is 3.22. The van der Waals surface area contributed by atoms with Crippen molar-refractivity contribution in [2.45, 2.75) is 39.0 Å². The van der Waals surface area contributed by atoms with E-state index >= 15 is 0 Å². The summed E-state index contributed by atoms with van der Waals surface area (Å²) in [6.07, 6.45) is 6.81. The maximum atomic E-state index is 11.0. The molecule has 0 aromatic carbocycles. The molecule has 0 saturated heterocycles. The minimum Gasteiger partial charge on any atom is -0.502 e. The van der Waals surface area contributed by atoms with Crippen LogP contribution in [0.25, 0.3) is 0 Å². The predicted molar refractivity (Wildman–Crippen MR) is 65.0 cm³/mol. The summed E-state index contributed by atoms with van der Waals surface area (Å²) in [5.41, 5.74) is 0.460. The largest absolute Gasteiger partial charge is 0.502 e. The summed E-state index contributed by atoms with van der Waals surface area (Å²) >= 11 is 0. The fraction of sp³-hybridized carbons (Fsp3) is 0.615. The van der Waals surface area contributed by atoms with E-state index in [1.807, 2.05) is 0 Å². The van der Waals surface area contributed by atoms with E-state index in [0.29, 0.717) is 12.2 Å². The van der Waals surface area contributed by atoms with Gasteiger partial charge in [0.1, 0.15) is 0 Å². The molecule has 0 bridgehead atoms. The third-order valence-electron chi connectivity index (χ3n) is 2.11. The Morgan fingerprint density at radius 1 is 1.12 bits per heavy atom. The van der Waals surface area contributed by atoms with Crippen molar-refractivity contribution in [1.82, 2.24) is 0 Å². The van der Waals surface area contributed by atoms with Crippen LogP contribution in [0.4, 0.5) is 0 Å².